The van der Waals surface area contributed by atoms with Gasteiger partial charge in [0.25, 0.3) is 0 Å². The first-order chi connectivity index (χ1) is 11.2. The monoisotopic (exact) mass is 322 g/mol. The van der Waals surface area contributed by atoms with E-state index in [1.54, 1.807) is 0 Å². The van der Waals surface area contributed by atoms with Crippen molar-refractivity contribution in [3.63, 3.8) is 0 Å². The maximum absolute atomic E-state index is 11.4. The number of alkyl carbamates (subject to hydrolysis) is 1. The Labute approximate surface area is 140 Å². The van der Waals surface area contributed by atoms with E-state index in [4.69, 9.17) is 9.47 Å². The molecule has 0 aliphatic heterocycles. The smallest absolute Gasteiger partial charge is 0.407 e. The molecule has 0 radical (unpaired) electrons. The molecule has 0 spiro atoms. The Kier molecular flexibility index (Phi) is 10.9. The van der Waals surface area contributed by atoms with Crippen molar-refractivity contribution in [1.82, 2.24) is 10.2 Å². The van der Waals surface area contributed by atoms with Crippen LogP contribution in [-0.2, 0) is 16.1 Å². The normalized spacial score (nSPS) is 10.7. The highest BCUT2D eigenvalue weighted by molar-refractivity contribution is 5.67. The van der Waals surface area contributed by atoms with Crippen molar-refractivity contribution in [2.45, 2.75) is 32.8 Å². The lowest BCUT2D eigenvalue weighted by molar-refractivity contribution is 0.111. The van der Waals surface area contributed by atoms with E-state index in [0.29, 0.717) is 19.8 Å². The summed E-state index contributed by atoms with van der Waals surface area (Å²) in [6, 6.07) is 10.2. The molecule has 0 heterocycles. The zero-order chi connectivity index (χ0) is 16.8. The number of unbranched alkanes of at least 4 members (excludes halogenated alkanes) is 1. The van der Waals surface area contributed by atoms with Crippen molar-refractivity contribution in [3.8, 4) is 0 Å². The van der Waals surface area contributed by atoms with Gasteiger partial charge >= 0.3 is 6.09 Å². The molecule has 1 aromatic rings. The molecule has 1 N–H and O–H groups in total. The van der Waals surface area contributed by atoms with Crippen LogP contribution in [-0.4, -0.2) is 50.9 Å². The third kappa shape index (κ3) is 10.7. The lowest BCUT2D eigenvalue weighted by Crippen LogP contribution is -2.34. The van der Waals surface area contributed by atoms with Gasteiger partial charge in [-0.2, -0.15) is 0 Å². The number of likely N-dealkylation sites (N-methyl/N-ethyl adjacent to an activating group) is 1. The van der Waals surface area contributed by atoms with Crippen LogP contribution >= 0.6 is 0 Å². The second-order valence-electron chi connectivity index (χ2n) is 5.61. The summed E-state index contributed by atoms with van der Waals surface area (Å²) in [5.41, 5.74) is 1.20. The Morgan fingerprint density at radius 3 is 2.65 bits per heavy atom. The van der Waals surface area contributed by atoms with E-state index >= 15 is 0 Å². The van der Waals surface area contributed by atoms with Crippen molar-refractivity contribution < 1.29 is 14.3 Å². The average Bonchev–Trinajstić information content (AvgIpc) is 2.56. The lowest BCUT2D eigenvalue weighted by Gasteiger charge is -2.16. The second kappa shape index (κ2) is 12.9. The molecule has 5 nitrogen and oxygen atoms in total. The number of carbonyl (C=O) groups excluding carboxylic acids is 1. The van der Waals surface area contributed by atoms with Gasteiger partial charge in [0, 0.05) is 26.2 Å². The van der Waals surface area contributed by atoms with Crippen molar-refractivity contribution in [3.05, 3.63) is 35.9 Å². The molecule has 0 saturated heterocycles. The number of hydrogen-bond acceptors (Lipinski definition) is 4. The number of nitrogens with zero attached hydrogens (tertiary/aromatic N) is 1. The van der Waals surface area contributed by atoms with Crippen molar-refractivity contribution in [1.29, 1.82) is 0 Å². The fourth-order valence-corrected chi connectivity index (χ4v) is 2.02. The average molecular weight is 322 g/mol. The van der Waals surface area contributed by atoms with Crippen LogP contribution in [0.1, 0.15) is 31.7 Å². The number of ether oxygens (including phenoxy) is 2. The van der Waals surface area contributed by atoms with Crippen molar-refractivity contribution in [2.24, 2.45) is 0 Å². The van der Waals surface area contributed by atoms with Gasteiger partial charge < -0.3 is 19.7 Å². The van der Waals surface area contributed by atoms with Crippen LogP contribution < -0.4 is 5.32 Å². The molecule has 23 heavy (non-hydrogen) atoms. The Bertz CT molecular complexity index is 412. The number of carbonyl (C=O) groups is 1. The van der Waals surface area contributed by atoms with Gasteiger partial charge in [0.1, 0.15) is 0 Å². The van der Waals surface area contributed by atoms with E-state index < -0.39 is 0 Å². The molecule has 1 amide bonds. The minimum atomic E-state index is -0.321. The van der Waals surface area contributed by atoms with Crippen molar-refractivity contribution >= 4 is 6.09 Å². The Balaban J connectivity index is 1.93. The molecule has 0 aliphatic carbocycles. The molecule has 130 valence electrons. The van der Waals surface area contributed by atoms with Gasteiger partial charge in [-0.05, 0) is 25.5 Å². The topological polar surface area (TPSA) is 50.8 Å². The molecule has 0 aromatic heterocycles. The van der Waals surface area contributed by atoms with E-state index in [1.165, 1.54) is 5.56 Å². The maximum atomic E-state index is 11.4. The third-order valence-corrected chi connectivity index (χ3v) is 3.43. The van der Waals surface area contributed by atoms with Crippen LogP contribution in [0.5, 0.6) is 0 Å². The Morgan fingerprint density at radius 2 is 1.91 bits per heavy atom. The van der Waals surface area contributed by atoms with Gasteiger partial charge in [-0.3, -0.25) is 0 Å². The van der Waals surface area contributed by atoms with Gasteiger partial charge in [0.15, 0.2) is 0 Å². The van der Waals surface area contributed by atoms with Gasteiger partial charge in [-0.25, -0.2) is 4.79 Å². The molecule has 0 aliphatic rings. The van der Waals surface area contributed by atoms with E-state index in [9.17, 15) is 4.79 Å². The number of rotatable bonds is 12. The summed E-state index contributed by atoms with van der Waals surface area (Å²) in [7, 11) is 2.04. The zero-order valence-electron chi connectivity index (χ0n) is 14.4. The molecule has 0 fully saturated rings. The summed E-state index contributed by atoms with van der Waals surface area (Å²) in [6.45, 7) is 6.33. The first kappa shape index (κ1) is 19.5. The SMILES string of the molecule is CCCCOC(=O)NCCN(C)CCCOCc1ccccc1. The molecule has 1 rings (SSSR count). The standard InChI is InChI=1S/C18H30N2O3/c1-3-4-15-23-18(21)19-11-13-20(2)12-8-14-22-16-17-9-6-5-7-10-17/h5-7,9-10H,3-4,8,11-16H2,1-2H3,(H,19,21). The second-order valence-corrected chi connectivity index (χ2v) is 5.61. The fourth-order valence-electron chi connectivity index (χ4n) is 2.02. The Hall–Kier alpha value is -1.59. The van der Waals surface area contributed by atoms with Gasteiger partial charge in [-0.15, -0.1) is 0 Å². The van der Waals surface area contributed by atoms with E-state index in [0.717, 1.165) is 39.0 Å². The molecule has 0 bridgehead atoms. The zero-order valence-corrected chi connectivity index (χ0v) is 14.4. The number of hydrogen-bond donors (Lipinski definition) is 1. The molecule has 1 aromatic carbocycles. The Morgan fingerprint density at radius 1 is 1.13 bits per heavy atom. The predicted octanol–water partition coefficient (Wildman–Crippen LogP) is 3.05. The first-order valence-corrected chi connectivity index (χ1v) is 8.43. The largest absolute Gasteiger partial charge is 0.450 e. The van der Waals surface area contributed by atoms with Gasteiger partial charge in [0.05, 0.1) is 13.2 Å². The summed E-state index contributed by atoms with van der Waals surface area (Å²) in [5.74, 6) is 0. The van der Waals surface area contributed by atoms with E-state index in [1.807, 2.05) is 25.2 Å². The minimum Gasteiger partial charge on any atom is -0.450 e. The van der Waals surface area contributed by atoms with Gasteiger partial charge in [0.2, 0.25) is 0 Å². The number of nitrogens with one attached hydrogen (secondary N) is 1. The minimum absolute atomic E-state index is 0.321. The molecule has 5 heteroatoms. The van der Waals surface area contributed by atoms with Crippen molar-refractivity contribution in [2.75, 3.05) is 39.9 Å². The van der Waals surface area contributed by atoms with Crippen LogP contribution in [0.25, 0.3) is 0 Å². The summed E-state index contributed by atoms with van der Waals surface area (Å²) in [5, 5.41) is 2.76. The summed E-state index contributed by atoms with van der Waals surface area (Å²) in [4.78, 5) is 13.5. The highest BCUT2D eigenvalue weighted by Crippen LogP contribution is 2.01. The summed E-state index contributed by atoms with van der Waals surface area (Å²) < 4.78 is 10.7. The van der Waals surface area contributed by atoms with E-state index in [2.05, 4.69) is 29.3 Å². The summed E-state index contributed by atoms with van der Waals surface area (Å²) >= 11 is 0. The quantitative estimate of drug-likeness (QED) is 0.601. The molecule has 0 unspecified atom stereocenters. The fraction of sp³-hybridized carbons (Fsp3) is 0.611. The molecule has 0 atom stereocenters. The highest BCUT2D eigenvalue weighted by Gasteiger charge is 2.02. The highest BCUT2D eigenvalue weighted by atomic mass is 16.5. The maximum Gasteiger partial charge on any atom is 0.407 e. The molecule has 0 saturated carbocycles. The molecular weight excluding hydrogens is 292 g/mol. The van der Waals surface area contributed by atoms with E-state index in [-0.39, 0.29) is 6.09 Å². The van der Waals surface area contributed by atoms with Crippen LogP contribution in [0.3, 0.4) is 0 Å². The first-order valence-electron chi connectivity index (χ1n) is 8.43. The summed E-state index contributed by atoms with van der Waals surface area (Å²) in [6.07, 6.45) is 2.60. The number of benzene rings is 1. The third-order valence-electron chi connectivity index (χ3n) is 3.43. The van der Waals surface area contributed by atoms with Crippen LogP contribution in [0, 0.1) is 0 Å². The van der Waals surface area contributed by atoms with Crippen LogP contribution in [0.2, 0.25) is 0 Å². The van der Waals surface area contributed by atoms with Crippen LogP contribution in [0.4, 0.5) is 4.79 Å². The van der Waals surface area contributed by atoms with Crippen LogP contribution in [0.15, 0.2) is 30.3 Å². The number of amides is 1. The molecular formula is C18H30N2O3. The predicted molar refractivity (Wildman–Crippen MR) is 92.5 cm³/mol. The van der Waals surface area contributed by atoms with Gasteiger partial charge in [-0.1, -0.05) is 43.7 Å². The lowest BCUT2D eigenvalue weighted by atomic mass is 10.2.